The third kappa shape index (κ3) is 2.29. The number of hydrogen-bond acceptors (Lipinski definition) is 4. The van der Waals surface area contributed by atoms with E-state index in [0.29, 0.717) is 6.04 Å². The topological polar surface area (TPSA) is 46.0 Å². The van der Waals surface area contributed by atoms with Gasteiger partial charge in [0, 0.05) is 31.1 Å². The summed E-state index contributed by atoms with van der Waals surface area (Å²) in [6.45, 7) is 4.59. The van der Waals surface area contributed by atoms with Crippen LogP contribution in [0.2, 0.25) is 0 Å². The van der Waals surface area contributed by atoms with Crippen molar-refractivity contribution in [3.63, 3.8) is 0 Å². The zero-order chi connectivity index (χ0) is 14.4. The van der Waals surface area contributed by atoms with Crippen LogP contribution in [0.25, 0.3) is 11.0 Å². The van der Waals surface area contributed by atoms with Crippen molar-refractivity contribution in [3.05, 3.63) is 18.0 Å². The SMILES string of the molecule is Cc1nn(C)c2ncc(NC3CCN4CCCC4C3)cc12. The summed E-state index contributed by atoms with van der Waals surface area (Å²) in [7, 11) is 1.95. The van der Waals surface area contributed by atoms with E-state index in [4.69, 9.17) is 0 Å². The molecule has 2 aliphatic heterocycles. The highest BCUT2D eigenvalue weighted by Crippen LogP contribution is 2.29. The number of aryl methyl sites for hydroxylation is 2. The highest BCUT2D eigenvalue weighted by molar-refractivity contribution is 5.81. The molecule has 0 radical (unpaired) electrons. The summed E-state index contributed by atoms with van der Waals surface area (Å²) >= 11 is 0. The van der Waals surface area contributed by atoms with Crippen LogP contribution in [0.3, 0.4) is 0 Å². The summed E-state index contributed by atoms with van der Waals surface area (Å²) in [5.41, 5.74) is 3.15. The van der Waals surface area contributed by atoms with Gasteiger partial charge in [-0.2, -0.15) is 5.10 Å². The molecule has 0 bridgehead atoms. The Bertz CT molecular complexity index is 662. The Balaban J connectivity index is 1.53. The molecular formula is C16H23N5. The lowest BCUT2D eigenvalue weighted by Crippen LogP contribution is -2.42. The monoisotopic (exact) mass is 285 g/mol. The van der Waals surface area contributed by atoms with Crippen LogP contribution in [0.4, 0.5) is 5.69 Å². The number of aromatic nitrogens is 3. The number of fused-ring (bicyclic) bond motifs is 2. The number of hydrogen-bond donors (Lipinski definition) is 1. The maximum absolute atomic E-state index is 4.56. The van der Waals surface area contributed by atoms with Gasteiger partial charge in [0.15, 0.2) is 5.65 Å². The second kappa shape index (κ2) is 4.98. The molecular weight excluding hydrogens is 262 g/mol. The number of pyridine rings is 1. The molecule has 2 aromatic heterocycles. The van der Waals surface area contributed by atoms with Crippen molar-refractivity contribution < 1.29 is 0 Å². The predicted octanol–water partition coefficient (Wildman–Crippen LogP) is 2.32. The molecule has 0 aromatic carbocycles. The maximum Gasteiger partial charge on any atom is 0.157 e. The lowest BCUT2D eigenvalue weighted by atomic mass is 9.97. The molecule has 4 rings (SSSR count). The molecule has 0 amide bonds. The zero-order valence-electron chi connectivity index (χ0n) is 12.8. The summed E-state index contributed by atoms with van der Waals surface area (Å²) in [6, 6.07) is 3.58. The van der Waals surface area contributed by atoms with Gasteiger partial charge in [0.1, 0.15) is 0 Å². The number of piperidine rings is 1. The first kappa shape index (κ1) is 13.1. The molecule has 0 spiro atoms. The first-order valence-corrected chi connectivity index (χ1v) is 8.00. The van der Waals surface area contributed by atoms with Crippen LogP contribution in [-0.4, -0.2) is 44.8 Å². The summed E-state index contributed by atoms with van der Waals surface area (Å²) < 4.78 is 1.85. The van der Waals surface area contributed by atoms with Crippen LogP contribution in [0.15, 0.2) is 12.3 Å². The molecule has 0 saturated carbocycles. The molecule has 2 fully saturated rings. The Morgan fingerprint density at radius 1 is 1.29 bits per heavy atom. The molecule has 4 heterocycles. The summed E-state index contributed by atoms with van der Waals surface area (Å²) in [6.07, 6.45) is 7.20. The fourth-order valence-corrected chi connectivity index (χ4v) is 3.98. The standard InChI is InChI=1S/C16H23N5/c1-11-15-9-13(10-17-16(15)20(2)19-11)18-12-5-7-21-6-3-4-14(21)8-12/h9-10,12,14,18H,3-8H2,1-2H3. The van der Waals surface area contributed by atoms with Crippen LogP contribution in [0, 0.1) is 6.92 Å². The van der Waals surface area contributed by atoms with Crippen LogP contribution >= 0.6 is 0 Å². The van der Waals surface area contributed by atoms with E-state index in [1.807, 2.05) is 24.9 Å². The lowest BCUT2D eigenvalue weighted by Gasteiger charge is -2.35. The Kier molecular flexibility index (Phi) is 3.10. The average Bonchev–Trinajstić information content (AvgIpc) is 3.04. The summed E-state index contributed by atoms with van der Waals surface area (Å²) in [5, 5.41) is 9.29. The van der Waals surface area contributed by atoms with E-state index in [-0.39, 0.29) is 0 Å². The molecule has 21 heavy (non-hydrogen) atoms. The highest BCUT2D eigenvalue weighted by atomic mass is 15.3. The van der Waals surface area contributed by atoms with E-state index in [2.05, 4.69) is 26.4 Å². The Hall–Kier alpha value is -1.62. The van der Waals surface area contributed by atoms with Crippen molar-refractivity contribution in [2.24, 2.45) is 7.05 Å². The zero-order valence-corrected chi connectivity index (χ0v) is 12.8. The predicted molar refractivity (Wildman–Crippen MR) is 84.5 cm³/mol. The van der Waals surface area contributed by atoms with Crippen LogP contribution in [0.5, 0.6) is 0 Å². The van der Waals surface area contributed by atoms with E-state index in [0.717, 1.165) is 28.5 Å². The number of nitrogens with zero attached hydrogens (tertiary/aromatic N) is 4. The maximum atomic E-state index is 4.56. The molecule has 0 aliphatic carbocycles. The first-order chi connectivity index (χ1) is 10.2. The smallest absolute Gasteiger partial charge is 0.157 e. The quantitative estimate of drug-likeness (QED) is 0.920. The lowest BCUT2D eigenvalue weighted by molar-refractivity contribution is 0.188. The van der Waals surface area contributed by atoms with Gasteiger partial charge in [-0.15, -0.1) is 0 Å². The third-order valence-corrected chi connectivity index (χ3v) is 5.05. The summed E-state index contributed by atoms with van der Waals surface area (Å²) in [4.78, 5) is 7.22. The largest absolute Gasteiger partial charge is 0.381 e. The van der Waals surface area contributed by atoms with Crippen molar-refractivity contribution in [3.8, 4) is 0 Å². The van der Waals surface area contributed by atoms with Crippen molar-refractivity contribution in [1.82, 2.24) is 19.7 Å². The van der Waals surface area contributed by atoms with Gasteiger partial charge in [0.05, 0.1) is 17.6 Å². The van der Waals surface area contributed by atoms with Gasteiger partial charge in [-0.1, -0.05) is 0 Å². The second-order valence-corrected chi connectivity index (χ2v) is 6.50. The van der Waals surface area contributed by atoms with Crippen LogP contribution < -0.4 is 5.32 Å². The van der Waals surface area contributed by atoms with Gasteiger partial charge in [-0.3, -0.25) is 4.68 Å². The van der Waals surface area contributed by atoms with Crippen LogP contribution in [0.1, 0.15) is 31.4 Å². The van der Waals surface area contributed by atoms with Crippen molar-refractivity contribution >= 4 is 16.7 Å². The Labute approximate surface area is 125 Å². The van der Waals surface area contributed by atoms with Crippen molar-refractivity contribution in [2.45, 2.75) is 44.7 Å². The van der Waals surface area contributed by atoms with Gasteiger partial charge in [-0.25, -0.2) is 4.98 Å². The molecule has 5 nitrogen and oxygen atoms in total. The highest BCUT2D eigenvalue weighted by Gasteiger charge is 2.31. The van der Waals surface area contributed by atoms with E-state index in [1.54, 1.807) is 0 Å². The minimum absolute atomic E-state index is 0.584. The first-order valence-electron chi connectivity index (χ1n) is 8.00. The number of nitrogens with one attached hydrogen (secondary N) is 1. The molecule has 112 valence electrons. The second-order valence-electron chi connectivity index (χ2n) is 6.50. The third-order valence-electron chi connectivity index (χ3n) is 5.05. The van der Waals surface area contributed by atoms with Crippen LogP contribution in [-0.2, 0) is 7.05 Å². The normalized spacial score (nSPS) is 26.2. The van der Waals surface area contributed by atoms with Gasteiger partial charge in [0.2, 0.25) is 0 Å². The molecule has 2 atom stereocenters. The van der Waals surface area contributed by atoms with Gasteiger partial charge in [0.25, 0.3) is 0 Å². The van der Waals surface area contributed by atoms with Gasteiger partial charge >= 0.3 is 0 Å². The molecule has 2 aliphatic rings. The fourth-order valence-electron chi connectivity index (χ4n) is 3.98. The fraction of sp³-hybridized carbons (Fsp3) is 0.625. The Morgan fingerprint density at radius 2 is 2.19 bits per heavy atom. The number of rotatable bonds is 2. The van der Waals surface area contributed by atoms with Crippen molar-refractivity contribution in [1.29, 1.82) is 0 Å². The molecule has 2 unspecified atom stereocenters. The molecule has 2 aromatic rings. The summed E-state index contributed by atoms with van der Waals surface area (Å²) in [5.74, 6) is 0. The van der Waals surface area contributed by atoms with Gasteiger partial charge in [-0.05, 0) is 45.2 Å². The molecule has 5 heteroatoms. The van der Waals surface area contributed by atoms with E-state index < -0.39 is 0 Å². The minimum Gasteiger partial charge on any atom is -0.381 e. The molecule has 2 saturated heterocycles. The Morgan fingerprint density at radius 3 is 3.10 bits per heavy atom. The van der Waals surface area contributed by atoms with E-state index in [9.17, 15) is 0 Å². The molecule has 1 N–H and O–H groups in total. The van der Waals surface area contributed by atoms with Crippen molar-refractivity contribution in [2.75, 3.05) is 18.4 Å². The average molecular weight is 285 g/mol. The minimum atomic E-state index is 0.584. The number of anilines is 1. The van der Waals surface area contributed by atoms with E-state index >= 15 is 0 Å². The van der Waals surface area contributed by atoms with E-state index in [1.165, 1.54) is 38.8 Å². The van der Waals surface area contributed by atoms with Gasteiger partial charge < -0.3 is 10.2 Å².